The number of para-hydroxylation sites is 1. The second kappa shape index (κ2) is 9.89. The van der Waals surface area contributed by atoms with Crippen LogP contribution in [0.5, 0.6) is 0 Å². The number of aryl methyl sites for hydroxylation is 1. The summed E-state index contributed by atoms with van der Waals surface area (Å²) in [5.74, 6) is -0.728. The van der Waals surface area contributed by atoms with E-state index in [0.29, 0.717) is 25.1 Å². The summed E-state index contributed by atoms with van der Waals surface area (Å²) >= 11 is 0. The number of sulfonamides is 1. The van der Waals surface area contributed by atoms with Crippen LogP contribution >= 0.6 is 0 Å². The molecule has 1 N–H and O–H groups in total. The van der Waals surface area contributed by atoms with Crippen LogP contribution in [0.3, 0.4) is 0 Å². The molecule has 3 aromatic rings. The fraction of sp³-hybridized carbons (Fsp3) is 0.360. The molecule has 0 aliphatic carbocycles. The first-order valence-electron chi connectivity index (χ1n) is 11.2. The van der Waals surface area contributed by atoms with Crippen molar-refractivity contribution in [2.24, 2.45) is 0 Å². The van der Waals surface area contributed by atoms with Crippen LogP contribution in [-0.4, -0.2) is 48.7 Å². The van der Waals surface area contributed by atoms with Crippen molar-refractivity contribution in [2.45, 2.75) is 50.0 Å². The minimum absolute atomic E-state index is 0.101. The van der Waals surface area contributed by atoms with Crippen LogP contribution in [-0.2, 0) is 26.0 Å². The van der Waals surface area contributed by atoms with E-state index in [1.807, 2.05) is 24.3 Å². The zero-order chi connectivity index (χ0) is 23.4. The molecule has 2 heterocycles. The van der Waals surface area contributed by atoms with E-state index in [9.17, 15) is 18.0 Å². The first-order chi connectivity index (χ1) is 15.9. The van der Waals surface area contributed by atoms with Crippen molar-refractivity contribution in [1.29, 1.82) is 0 Å². The predicted octanol–water partition coefficient (Wildman–Crippen LogP) is 4.09. The first-order valence-corrected chi connectivity index (χ1v) is 12.7. The minimum Gasteiger partial charge on any atom is -0.454 e. The van der Waals surface area contributed by atoms with Crippen LogP contribution in [0.4, 0.5) is 0 Å². The van der Waals surface area contributed by atoms with Gasteiger partial charge in [-0.25, -0.2) is 8.42 Å². The Kier molecular flexibility index (Phi) is 6.95. The van der Waals surface area contributed by atoms with Crippen molar-refractivity contribution in [3.05, 3.63) is 65.9 Å². The molecule has 1 saturated heterocycles. The normalized spacial score (nSPS) is 15.9. The fourth-order valence-electron chi connectivity index (χ4n) is 4.13. The Morgan fingerprint density at radius 3 is 2.45 bits per heavy atom. The van der Waals surface area contributed by atoms with E-state index in [1.165, 1.54) is 4.31 Å². The Labute approximate surface area is 193 Å². The van der Waals surface area contributed by atoms with Gasteiger partial charge in [0.25, 0.3) is 0 Å². The molecule has 1 unspecified atom stereocenters. The number of H-pyrrole nitrogens is 1. The molecule has 33 heavy (non-hydrogen) atoms. The van der Waals surface area contributed by atoms with Crippen molar-refractivity contribution in [3.8, 4) is 0 Å². The third-order valence-corrected chi connectivity index (χ3v) is 7.94. The Hall–Kier alpha value is -2.97. The molecule has 0 spiro atoms. The summed E-state index contributed by atoms with van der Waals surface area (Å²) in [7, 11) is -3.47. The highest BCUT2D eigenvalue weighted by atomic mass is 32.2. The molecule has 1 fully saturated rings. The van der Waals surface area contributed by atoms with Gasteiger partial charge in [-0.3, -0.25) is 9.59 Å². The summed E-state index contributed by atoms with van der Waals surface area (Å²) < 4.78 is 32.4. The standard InChI is InChI=1S/C25H28N2O5S/c1-18(25(29)22-17-26-23-8-4-3-7-21(22)23)32-24(28)14-11-19-9-12-20(13-10-19)33(30,31)27-15-5-2-6-16-27/h3-4,7-10,12-13,17-18,26H,2,5-6,11,14-16H2,1H3. The van der Waals surface area contributed by atoms with Crippen LogP contribution in [0.15, 0.2) is 59.6 Å². The molecule has 1 atom stereocenters. The number of piperidine rings is 1. The predicted molar refractivity (Wildman–Crippen MR) is 126 cm³/mol. The molecular weight excluding hydrogens is 440 g/mol. The zero-order valence-electron chi connectivity index (χ0n) is 18.6. The maximum Gasteiger partial charge on any atom is 0.306 e. The average molecular weight is 469 g/mol. The zero-order valence-corrected chi connectivity index (χ0v) is 19.4. The topological polar surface area (TPSA) is 96.5 Å². The van der Waals surface area contributed by atoms with Gasteiger partial charge in [0.05, 0.1) is 4.90 Å². The molecule has 0 saturated carbocycles. The first kappa shape index (κ1) is 23.2. The smallest absolute Gasteiger partial charge is 0.306 e. The molecule has 1 aromatic heterocycles. The highest BCUT2D eigenvalue weighted by Gasteiger charge is 2.26. The van der Waals surface area contributed by atoms with Crippen molar-refractivity contribution in [1.82, 2.24) is 9.29 Å². The van der Waals surface area contributed by atoms with E-state index < -0.39 is 22.1 Å². The van der Waals surface area contributed by atoms with Gasteiger partial charge in [-0.2, -0.15) is 4.31 Å². The monoisotopic (exact) mass is 468 g/mol. The number of aromatic nitrogens is 1. The largest absolute Gasteiger partial charge is 0.454 e. The lowest BCUT2D eigenvalue weighted by atomic mass is 10.1. The number of carbonyl (C=O) groups is 2. The summed E-state index contributed by atoms with van der Waals surface area (Å²) in [6.07, 6.45) is 4.08. The Bertz CT molecular complexity index is 1240. The number of rotatable bonds is 8. The lowest BCUT2D eigenvalue weighted by molar-refractivity contribution is -0.146. The number of aromatic amines is 1. The lowest BCUT2D eigenvalue weighted by Crippen LogP contribution is -2.35. The van der Waals surface area contributed by atoms with E-state index in [-0.39, 0.29) is 17.1 Å². The maximum absolute atomic E-state index is 12.7. The number of Topliss-reactive ketones (excluding diaryl/α,β-unsaturated/α-hetero) is 1. The number of hydrogen-bond donors (Lipinski definition) is 1. The van der Waals surface area contributed by atoms with Crippen LogP contribution in [0, 0.1) is 0 Å². The molecule has 0 amide bonds. The summed E-state index contributed by atoms with van der Waals surface area (Å²) in [4.78, 5) is 28.4. The van der Waals surface area contributed by atoms with Crippen molar-refractivity contribution in [3.63, 3.8) is 0 Å². The molecule has 1 aliphatic heterocycles. The van der Waals surface area contributed by atoms with E-state index in [2.05, 4.69) is 4.98 Å². The highest BCUT2D eigenvalue weighted by Crippen LogP contribution is 2.22. The number of ketones is 1. The minimum atomic E-state index is -3.47. The quantitative estimate of drug-likeness (QED) is 0.397. The number of benzene rings is 2. The van der Waals surface area contributed by atoms with Crippen LogP contribution in [0.25, 0.3) is 10.9 Å². The number of nitrogens with one attached hydrogen (secondary N) is 1. The van der Waals surface area contributed by atoms with E-state index in [1.54, 1.807) is 37.4 Å². The molecule has 7 nitrogen and oxygen atoms in total. The summed E-state index contributed by atoms with van der Waals surface area (Å²) in [5.41, 5.74) is 2.18. The molecule has 4 rings (SSSR count). The molecule has 0 bridgehead atoms. The fourth-order valence-corrected chi connectivity index (χ4v) is 5.65. The Balaban J connectivity index is 1.31. The van der Waals surface area contributed by atoms with Gasteiger partial charge in [-0.15, -0.1) is 0 Å². The number of hydrogen-bond acceptors (Lipinski definition) is 5. The Morgan fingerprint density at radius 1 is 1.03 bits per heavy atom. The second-order valence-corrected chi connectivity index (χ2v) is 10.3. The van der Waals surface area contributed by atoms with Crippen molar-refractivity contribution >= 4 is 32.7 Å². The van der Waals surface area contributed by atoms with Gasteiger partial charge in [0, 0.05) is 42.2 Å². The van der Waals surface area contributed by atoms with Crippen LogP contribution < -0.4 is 0 Å². The average Bonchev–Trinajstić information content (AvgIpc) is 3.27. The number of carbonyl (C=O) groups excluding carboxylic acids is 2. The second-order valence-electron chi connectivity index (χ2n) is 8.35. The van der Waals surface area contributed by atoms with Gasteiger partial charge in [0.2, 0.25) is 15.8 Å². The van der Waals surface area contributed by atoms with Gasteiger partial charge in [0.15, 0.2) is 6.10 Å². The molecule has 2 aromatic carbocycles. The lowest BCUT2D eigenvalue weighted by Gasteiger charge is -2.25. The third-order valence-electron chi connectivity index (χ3n) is 6.03. The highest BCUT2D eigenvalue weighted by molar-refractivity contribution is 7.89. The number of nitrogens with zero attached hydrogens (tertiary/aromatic N) is 1. The van der Waals surface area contributed by atoms with Gasteiger partial charge in [0.1, 0.15) is 0 Å². The summed E-state index contributed by atoms with van der Waals surface area (Å²) in [5, 5.41) is 0.796. The van der Waals surface area contributed by atoms with Crippen LogP contribution in [0.2, 0.25) is 0 Å². The Morgan fingerprint density at radius 2 is 1.73 bits per heavy atom. The van der Waals surface area contributed by atoms with E-state index >= 15 is 0 Å². The molecule has 174 valence electrons. The third kappa shape index (κ3) is 5.17. The summed E-state index contributed by atoms with van der Waals surface area (Å²) in [6.45, 7) is 2.69. The number of esters is 1. The van der Waals surface area contributed by atoms with Gasteiger partial charge in [-0.1, -0.05) is 36.8 Å². The van der Waals surface area contributed by atoms with E-state index in [4.69, 9.17) is 4.74 Å². The van der Waals surface area contributed by atoms with E-state index in [0.717, 1.165) is 35.7 Å². The molecule has 0 radical (unpaired) electrons. The maximum atomic E-state index is 12.7. The van der Waals surface area contributed by atoms with Crippen molar-refractivity contribution < 1.29 is 22.7 Å². The molecule has 8 heteroatoms. The van der Waals surface area contributed by atoms with Crippen LogP contribution in [0.1, 0.15) is 48.5 Å². The number of ether oxygens (including phenoxy) is 1. The van der Waals surface area contributed by atoms with Gasteiger partial charge >= 0.3 is 5.97 Å². The van der Waals surface area contributed by atoms with Crippen molar-refractivity contribution in [2.75, 3.05) is 13.1 Å². The van der Waals surface area contributed by atoms with Gasteiger partial charge < -0.3 is 9.72 Å². The van der Waals surface area contributed by atoms with Gasteiger partial charge in [-0.05, 0) is 49.9 Å². The molecule has 1 aliphatic rings. The summed E-state index contributed by atoms with van der Waals surface area (Å²) in [6, 6.07) is 14.1. The number of fused-ring (bicyclic) bond motifs is 1. The SMILES string of the molecule is CC(OC(=O)CCc1ccc(S(=O)(=O)N2CCCCC2)cc1)C(=O)c1c[nH]c2ccccc12. The molecular formula is C25H28N2O5S.